The van der Waals surface area contributed by atoms with Crippen LogP contribution in [0.5, 0.6) is 0 Å². The first-order valence-corrected chi connectivity index (χ1v) is 9.34. The van der Waals surface area contributed by atoms with Crippen molar-refractivity contribution in [1.82, 2.24) is 4.90 Å². The van der Waals surface area contributed by atoms with Crippen LogP contribution in [0.1, 0.15) is 48.8 Å². The summed E-state index contributed by atoms with van der Waals surface area (Å²) >= 11 is 0. The summed E-state index contributed by atoms with van der Waals surface area (Å²) in [7, 11) is 0. The molecule has 0 aromatic heterocycles. The summed E-state index contributed by atoms with van der Waals surface area (Å²) in [5.41, 5.74) is 1.37. The lowest BCUT2D eigenvalue weighted by Crippen LogP contribution is -2.56. The molecule has 25 heavy (non-hydrogen) atoms. The lowest BCUT2D eigenvalue weighted by molar-refractivity contribution is -0.101. The van der Waals surface area contributed by atoms with E-state index in [0.29, 0.717) is 36.1 Å². The SMILES string of the molecule is Cc1cccc(C2(O)CC3CCCC(C2)N3Cc2ccccc2)c1F. The zero-order chi connectivity index (χ0) is 17.4. The van der Waals surface area contributed by atoms with Crippen molar-refractivity contribution in [3.8, 4) is 0 Å². The molecule has 2 saturated heterocycles. The maximum Gasteiger partial charge on any atom is 0.132 e. The predicted molar refractivity (Wildman–Crippen MR) is 97.7 cm³/mol. The highest BCUT2D eigenvalue weighted by Gasteiger charge is 2.47. The second-order valence-electron chi connectivity index (χ2n) is 7.77. The van der Waals surface area contributed by atoms with Crippen LogP contribution in [0.15, 0.2) is 48.5 Å². The molecule has 132 valence electrons. The van der Waals surface area contributed by atoms with Crippen LogP contribution >= 0.6 is 0 Å². The molecule has 2 atom stereocenters. The summed E-state index contributed by atoms with van der Waals surface area (Å²) in [6, 6.07) is 16.6. The van der Waals surface area contributed by atoms with E-state index < -0.39 is 5.60 Å². The predicted octanol–water partition coefficient (Wildman–Crippen LogP) is 4.54. The molecule has 4 rings (SSSR count). The van der Waals surface area contributed by atoms with E-state index >= 15 is 0 Å². The number of hydrogen-bond acceptors (Lipinski definition) is 2. The number of piperidine rings is 2. The average Bonchev–Trinajstić information content (AvgIpc) is 2.59. The molecule has 2 unspecified atom stereocenters. The van der Waals surface area contributed by atoms with Crippen molar-refractivity contribution in [2.45, 2.75) is 63.3 Å². The zero-order valence-electron chi connectivity index (χ0n) is 14.8. The molecule has 2 fully saturated rings. The number of rotatable bonds is 3. The summed E-state index contributed by atoms with van der Waals surface area (Å²) in [6.07, 6.45) is 4.61. The van der Waals surface area contributed by atoms with Gasteiger partial charge in [0.05, 0.1) is 5.60 Å². The van der Waals surface area contributed by atoms with Crippen LogP contribution in [0.4, 0.5) is 4.39 Å². The van der Waals surface area contributed by atoms with E-state index in [1.54, 1.807) is 19.1 Å². The fraction of sp³-hybridized carbons (Fsp3) is 0.455. The van der Waals surface area contributed by atoms with E-state index in [1.807, 2.05) is 12.1 Å². The number of benzene rings is 2. The van der Waals surface area contributed by atoms with E-state index in [9.17, 15) is 9.50 Å². The van der Waals surface area contributed by atoms with Gasteiger partial charge in [0.1, 0.15) is 5.82 Å². The fourth-order valence-corrected chi connectivity index (χ4v) is 4.80. The van der Waals surface area contributed by atoms with Crippen LogP contribution in [0.2, 0.25) is 0 Å². The van der Waals surface area contributed by atoms with Crippen molar-refractivity contribution in [2.24, 2.45) is 0 Å². The fourth-order valence-electron chi connectivity index (χ4n) is 4.80. The third-order valence-electron chi connectivity index (χ3n) is 6.06. The van der Waals surface area contributed by atoms with E-state index in [-0.39, 0.29) is 5.82 Å². The standard InChI is InChI=1S/C22H26FNO/c1-16-7-5-12-20(21(16)23)22(25)13-18-10-6-11-19(14-22)24(18)15-17-8-3-2-4-9-17/h2-5,7-9,12,18-19,25H,6,10-11,13-15H2,1H3. The molecule has 2 aliphatic heterocycles. The van der Waals surface area contributed by atoms with Crippen molar-refractivity contribution in [3.63, 3.8) is 0 Å². The Kier molecular flexibility index (Phi) is 4.38. The van der Waals surface area contributed by atoms with Gasteiger partial charge in [-0.05, 0) is 43.7 Å². The topological polar surface area (TPSA) is 23.5 Å². The van der Waals surface area contributed by atoms with Crippen LogP contribution in [-0.2, 0) is 12.1 Å². The van der Waals surface area contributed by atoms with Gasteiger partial charge >= 0.3 is 0 Å². The molecule has 2 aliphatic rings. The van der Waals surface area contributed by atoms with Gasteiger partial charge in [0, 0.05) is 24.2 Å². The Morgan fingerprint density at radius 1 is 1.04 bits per heavy atom. The van der Waals surface area contributed by atoms with Gasteiger partial charge in [0.2, 0.25) is 0 Å². The van der Waals surface area contributed by atoms with Gasteiger partial charge in [-0.3, -0.25) is 4.90 Å². The molecule has 2 bridgehead atoms. The van der Waals surface area contributed by atoms with Gasteiger partial charge in [-0.15, -0.1) is 0 Å². The molecule has 2 heterocycles. The van der Waals surface area contributed by atoms with Crippen molar-refractivity contribution < 1.29 is 9.50 Å². The first-order chi connectivity index (χ1) is 12.1. The van der Waals surface area contributed by atoms with Crippen LogP contribution in [-0.4, -0.2) is 22.1 Å². The highest BCUT2D eigenvalue weighted by Crippen LogP contribution is 2.45. The van der Waals surface area contributed by atoms with Crippen LogP contribution in [0, 0.1) is 12.7 Å². The first kappa shape index (κ1) is 16.7. The Balaban J connectivity index is 1.61. The van der Waals surface area contributed by atoms with Crippen molar-refractivity contribution in [1.29, 1.82) is 0 Å². The van der Waals surface area contributed by atoms with Crippen LogP contribution in [0.25, 0.3) is 0 Å². The summed E-state index contributed by atoms with van der Waals surface area (Å²) in [6.45, 7) is 2.69. The van der Waals surface area contributed by atoms with Gasteiger partial charge in [0.15, 0.2) is 0 Å². The van der Waals surface area contributed by atoms with Gasteiger partial charge in [-0.25, -0.2) is 4.39 Å². The van der Waals surface area contributed by atoms with Gasteiger partial charge in [-0.1, -0.05) is 55.0 Å². The molecule has 2 nitrogen and oxygen atoms in total. The molecule has 2 aromatic rings. The minimum absolute atomic E-state index is 0.236. The molecular formula is C22H26FNO. The monoisotopic (exact) mass is 339 g/mol. The molecule has 0 radical (unpaired) electrons. The normalized spacial score (nSPS) is 29.6. The minimum atomic E-state index is -1.04. The number of aryl methyl sites for hydroxylation is 1. The molecule has 0 saturated carbocycles. The zero-order valence-corrected chi connectivity index (χ0v) is 14.8. The van der Waals surface area contributed by atoms with Crippen LogP contribution in [0.3, 0.4) is 0 Å². The Morgan fingerprint density at radius 2 is 1.72 bits per heavy atom. The molecular weight excluding hydrogens is 313 g/mol. The van der Waals surface area contributed by atoms with Crippen LogP contribution < -0.4 is 0 Å². The van der Waals surface area contributed by atoms with Crippen molar-refractivity contribution in [2.75, 3.05) is 0 Å². The molecule has 2 aromatic carbocycles. The Morgan fingerprint density at radius 3 is 2.40 bits per heavy atom. The summed E-state index contributed by atoms with van der Waals surface area (Å²) < 4.78 is 14.7. The number of halogens is 1. The van der Waals surface area contributed by atoms with E-state index in [0.717, 1.165) is 19.4 Å². The maximum absolute atomic E-state index is 14.7. The number of hydrogen-bond donors (Lipinski definition) is 1. The summed E-state index contributed by atoms with van der Waals surface area (Å²) in [5.74, 6) is -0.236. The average molecular weight is 339 g/mol. The Labute approximate surface area is 149 Å². The molecule has 0 spiro atoms. The highest BCUT2D eigenvalue weighted by molar-refractivity contribution is 5.31. The first-order valence-electron chi connectivity index (χ1n) is 9.34. The van der Waals surface area contributed by atoms with Gasteiger partial charge in [-0.2, -0.15) is 0 Å². The quantitative estimate of drug-likeness (QED) is 0.887. The Bertz CT molecular complexity index is 731. The van der Waals surface area contributed by atoms with E-state index in [2.05, 4.69) is 29.2 Å². The summed E-state index contributed by atoms with van der Waals surface area (Å²) in [5, 5.41) is 11.4. The smallest absolute Gasteiger partial charge is 0.132 e. The lowest BCUT2D eigenvalue weighted by atomic mass is 9.72. The van der Waals surface area contributed by atoms with Gasteiger partial charge in [0.25, 0.3) is 0 Å². The second kappa shape index (κ2) is 6.54. The molecule has 3 heteroatoms. The molecule has 0 amide bonds. The third-order valence-corrected chi connectivity index (χ3v) is 6.06. The summed E-state index contributed by atoms with van der Waals surface area (Å²) in [4.78, 5) is 2.54. The van der Waals surface area contributed by atoms with E-state index in [4.69, 9.17) is 0 Å². The number of aliphatic hydroxyl groups is 1. The number of nitrogens with zero attached hydrogens (tertiary/aromatic N) is 1. The molecule has 1 N–H and O–H groups in total. The Hall–Kier alpha value is -1.71. The second-order valence-corrected chi connectivity index (χ2v) is 7.77. The van der Waals surface area contributed by atoms with Crippen molar-refractivity contribution in [3.05, 3.63) is 71.0 Å². The maximum atomic E-state index is 14.7. The number of fused-ring (bicyclic) bond motifs is 2. The minimum Gasteiger partial charge on any atom is -0.385 e. The highest BCUT2D eigenvalue weighted by atomic mass is 19.1. The molecule has 0 aliphatic carbocycles. The lowest BCUT2D eigenvalue weighted by Gasteiger charge is -2.52. The largest absolute Gasteiger partial charge is 0.385 e. The third kappa shape index (κ3) is 3.11. The van der Waals surface area contributed by atoms with Crippen molar-refractivity contribution >= 4 is 0 Å². The van der Waals surface area contributed by atoms with E-state index in [1.165, 1.54) is 12.0 Å². The van der Waals surface area contributed by atoms with Gasteiger partial charge < -0.3 is 5.11 Å².